The summed E-state index contributed by atoms with van der Waals surface area (Å²) in [7, 11) is 1.47. The number of carbonyl (C=O) groups is 1. The van der Waals surface area contributed by atoms with Crippen LogP contribution in [0, 0.1) is 15.9 Å². The molecule has 1 aromatic rings. The molecular formula is C10H12FN3O3. The zero-order valence-electron chi connectivity index (χ0n) is 9.22. The van der Waals surface area contributed by atoms with Crippen LogP contribution in [-0.4, -0.2) is 35.9 Å². The largest absolute Gasteiger partial charge is 0.340 e. The summed E-state index contributed by atoms with van der Waals surface area (Å²) in [6, 6.07) is 2.84. The molecule has 0 bridgehead atoms. The standard InChI is InChI=1S/C10H12FN3O3/c1-13(5-4-12)10(15)8-3-2-7(11)6-9(8)14(16)17/h2-3,6H,4-5,12H2,1H3. The van der Waals surface area contributed by atoms with Crippen molar-refractivity contribution in [2.75, 3.05) is 20.1 Å². The minimum Gasteiger partial charge on any atom is -0.340 e. The predicted molar refractivity (Wildman–Crippen MR) is 59.1 cm³/mol. The summed E-state index contributed by atoms with van der Waals surface area (Å²) >= 11 is 0. The van der Waals surface area contributed by atoms with Crippen LogP contribution < -0.4 is 5.73 Å². The maximum absolute atomic E-state index is 12.9. The Bertz CT molecular complexity index is 450. The van der Waals surface area contributed by atoms with Crippen molar-refractivity contribution in [3.63, 3.8) is 0 Å². The van der Waals surface area contributed by atoms with Crippen molar-refractivity contribution in [2.24, 2.45) is 5.73 Å². The molecule has 7 heteroatoms. The first-order valence-corrected chi connectivity index (χ1v) is 4.87. The molecule has 0 aliphatic rings. The van der Waals surface area contributed by atoms with Gasteiger partial charge in [-0.05, 0) is 12.1 Å². The Morgan fingerprint density at radius 3 is 2.76 bits per heavy atom. The molecule has 1 rings (SSSR count). The number of amides is 1. The third kappa shape index (κ3) is 2.97. The predicted octanol–water partition coefficient (Wildman–Crippen LogP) is 0.765. The van der Waals surface area contributed by atoms with Crippen LogP contribution in [0.4, 0.5) is 10.1 Å². The summed E-state index contributed by atoms with van der Waals surface area (Å²) in [6.07, 6.45) is 0. The van der Waals surface area contributed by atoms with E-state index in [0.717, 1.165) is 18.2 Å². The topological polar surface area (TPSA) is 89.5 Å². The molecule has 92 valence electrons. The van der Waals surface area contributed by atoms with Crippen LogP contribution in [0.5, 0.6) is 0 Å². The van der Waals surface area contributed by atoms with Crippen molar-refractivity contribution >= 4 is 11.6 Å². The lowest BCUT2D eigenvalue weighted by molar-refractivity contribution is -0.385. The molecule has 1 amide bonds. The first-order valence-electron chi connectivity index (χ1n) is 4.87. The molecule has 6 nitrogen and oxygen atoms in total. The van der Waals surface area contributed by atoms with E-state index in [1.165, 1.54) is 11.9 Å². The maximum atomic E-state index is 12.9. The van der Waals surface area contributed by atoms with E-state index in [0.29, 0.717) is 0 Å². The van der Waals surface area contributed by atoms with Crippen molar-refractivity contribution < 1.29 is 14.1 Å². The summed E-state index contributed by atoms with van der Waals surface area (Å²) in [5.74, 6) is -1.31. The van der Waals surface area contributed by atoms with Crippen LogP contribution in [-0.2, 0) is 0 Å². The van der Waals surface area contributed by atoms with Gasteiger partial charge < -0.3 is 10.6 Å². The number of hydrogen-bond acceptors (Lipinski definition) is 4. The Morgan fingerprint density at radius 1 is 1.59 bits per heavy atom. The second-order valence-electron chi connectivity index (χ2n) is 3.43. The van der Waals surface area contributed by atoms with Crippen LogP contribution in [0.1, 0.15) is 10.4 Å². The SMILES string of the molecule is CN(CCN)C(=O)c1ccc(F)cc1[N+](=O)[O-]. The first-order chi connectivity index (χ1) is 7.97. The van der Waals surface area contributed by atoms with Gasteiger partial charge in [0.25, 0.3) is 11.6 Å². The molecule has 17 heavy (non-hydrogen) atoms. The van der Waals surface area contributed by atoms with E-state index >= 15 is 0 Å². The number of nitrogens with two attached hydrogens (primary N) is 1. The Hall–Kier alpha value is -2.02. The monoisotopic (exact) mass is 241 g/mol. The zero-order valence-corrected chi connectivity index (χ0v) is 9.22. The number of nitro groups is 1. The number of rotatable bonds is 4. The highest BCUT2D eigenvalue weighted by Gasteiger charge is 2.23. The normalized spacial score (nSPS) is 10.1. The van der Waals surface area contributed by atoms with E-state index in [9.17, 15) is 19.3 Å². The van der Waals surface area contributed by atoms with Crippen LogP contribution in [0.25, 0.3) is 0 Å². The van der Waals surface area contributed by atoms with Gasteiger partial charge in [-0.15, -0.1) is 0 Å². The Morgan fingerprint density at radius 2 is 2.24 bits per heavy atom. The van der Waals surface area contributed by atoms with Gasteiger partial charge in [-0.1, -0.05) is 0 Å². The Labute approximate surface area is 97.0 Å². The molecule has 0 fully saturated rings. The molecule has 0 unspecified atom stereocenters. The molecule has 0 aliphatic heterocycles. The lowest BCUT2D eigenvalue weighted by atomic mass is 10.1. The van der Waals surface area contributed by atoms with Crippen LogP contribution in [0.3, 0.4) is 0 Å². The fourth-order valence-corrected chi connectivity index (χ4v) is 1.34. The smallest absolute Gasteiger partial charge is 0.285 e. The minimum absolute atomic E-state index is 0.146. The van der Waals surface area contributed by atoms with Gasteiger partial charge in [-0.3, -0.25) is 14.9 Å². The number of nitrogens with zero attached hydrogens (tertiary/aromatic N) is 2. The van der Waals surface area contributed by atoms with Crippen molar-refractivity contribution in [1.82, 2.24) is 4.90 Å². The summed E-state index contributed by atoms with van der Waals surface area (Å²) in [6.45, 7) is 0.518. The third-order valence-corrected chi connectivity index (χ3v) is 2.20. The molecule has 0 aromatic heterocycles. The van der Waals surface area contributed by atoms with E-state index in [1.54, 1.807) is 0 Å². The number of hydrogen-bond donors (Lipinski definition) is 1. The van der Waals surface area contributed by atoms with Crippen LogP contribution >= 0.6 is 0 Å². The molecule has 0 saturated heterocycles. The maximum Gasteiger partial charge on any atom is 0.285 e. The van der Waals surface area contributed by atoms with E-state index in [2.05, 4.69) is 0 Å². The second kappa shape index (κ2) is 5.35. The van der Waals surface area contributed by atoms with Gasteiger partial charge in [0.2, 0.25) is 0 Å². The van der Waals surface area contributed by atoms with Gasteiger partial charge in [0.1, 0.15) is 11.4 Å². The molecule has 0 atom stereocenters. The van der Waals surface area contributed by atoms with E-state index in [1.807, 2.05) is 0 Å². The van der Waals surface area contributed by atoms with Gasteiger partial charge >= 0.3 is 0 Å². The van der Waals surface area contributed by atoms with Crippen molar-refractivity contribution in [2.45, 2.75) is 0 Å². The molecule has 0 radical (unpaired) electrons. The lowest BCUT2D eigenvalue weighted by Gasteiger charge is -2.15. The molecule has 0 spiro atoms. The van der Waals surface area contributed by atoms with Crippen molar-refractivity contribution in [3.8, 4) is 0 Å². The highest BCUT2D eigenvalue weighted by Crippen LogP contribution is 2.20. The highest BCUT2D eigenvalue weighted by atomic mass is 19.1. The van der Waals surface area contributed by atoms with Crippen LogP contribution in [0.15, 0.2) is 18.2 Å². The molecule has 1 aromatic carbocycles. The molecule has 0 aliphatic carbocycles. The number of benzene rings is 1. The summed E-state index contributed by atoms with van der Waals surface area (Å²) in [5.41, 5.74) is 4.59. The number of nitro benzene ring substituents is 1. The summed E-state index contributed by atoms with van der Waals surface area (Å²) < 4.78 is 12.9. The average Bonchev–Trinajstić information content (AvgIpc) is 2.28. The summed E-state index contributed by atoms with van der Waals surface area (Å²) in [4.78, 5) is 23.0. The lowest BCUT2D eigenvalue weighted by Crippen LogP contribution is -2.32. The van der Waals surface area contributed by atoms with Crippen molar-refractivity contribution in [3.05, 3.63) is 39.7 Å². The average molecular weight is 241 g/mol. The van der Waals surface area contributed by atoms with Gasteiger partial charge in [-0.2, -0.15) is 0 Å². The van der Waals surface area contributed by atoms with E-state index in [-0.39, 0.29) is 18.7 Å². The Kier molecular flexibility index (Phi) is 4.11. The first kappa shape index (κ1) is 13.0. The number of halogens is 1. The second-order valence-corrected chi connectivity index (χ2v) is 3.43. The van der Waals surface area contributed by atoms with Gasteiger partial charge in [0, 0.05) is 20.1 Å². The van der Waals surface area contributed by atoms with Crippen molar-refractivity contribution in [1.29, 1.82) is 0 Å². The van der Waals surface area contributed by atoms with Crippen LogP contribution in [0.2, 0.25) is 0 Å². The van der Waals surface area contributed by atoms with E-state index < -0.39 is 22.3 Å². The summed E-state index contributed by atoms with van der Waals surface area (Å²) in [5, 5.41) is 10.7. The fourth-order valence-electron chi connectivity index (χ4n) is 1.34. The third-order valence-electron chi connectivity index (χ3n) is 2.20. The molecule has 0 saturated carbocycles. The minimum atomic E-state index is -0.785. The Balaban J connectivity index is 3.13. The van der Waals surface area contributed by atoms with Gasteiger partial charge in [-0.25, -0.2) is 4.39 Å². The number of carbonyl (C=O) groups excluding carboxylic acids is 1. The highest BCUT2D eigenvalue weighted by molar-refractivity contribution is 5.97. The quantitative estimate of drug-likeness (QED) is 0.622. The molecular weight excluding hydrogens is 229 g/mol. The zero-order chi connectivity index (χ0) is 13.0. The fraction of sp³-hybridized carbons (Fsp3) is 0.300. The van der Waals surface area contributed by atoms with Gasteiger partial charge in [0.05, 0.1) is 11.0 Å². The number of likely N-dealkylation sites (N-methyl/N-ethyl adjacent to an activating group) is 1. The van der Waals surface area contributed by atoms with E-state index in [4.69, 9.17) is 5.73 Å². The molecule has 0 heterocycles. The molecule has 2 N–H and O–H groups in total. The van der Waals surface area contributed by atoms with Gasteiger partial charge in [0.15, 0.2) is 0 Å².